The Labute approximate surface area is 214 Å². The molecule has 9 heteroatoms. The number of nitrogens with two attached hydrogens (primary N) is 2. The molecule has 3 aromatic rings. The summed E-state index contributed by atoms with van der Waals surface area (Å²) in [6, 6.07) is 19.7. The number of carbonyl (C=O) groups is 2. The van der Waals surface area contributed by atoms with E-state index >= 15 is 0 Å². The number of hydrogen-bond donors (Lipinski definition) is 3. The van der Waals surface area contributed by atoms with Gasteiger partial charge in [0.1, 0.15) is 0 Å². The molecule has 1 atom stereocenters. The molecule has 9 nitrogen and oxygen atoms in total. The number of carboxylic acid groups (broad SMARTS) is 1. The summed E-state index contributed by atoms with van der Waals surface area (Å²) >= 11 is 0. The summed E-state index contributed by atoms with van der Waals surface area (Å²) in [5, 5.41) is 13.3. The third kappa shape index (κ3) is 4.38. The summed E-state index contributed by atoms with van der Waals surface area (Å²) < 4.78 is 0. The molecule has 0 aliphatic carbocycles. The number of fused-ring (bicyclic) bond motifs is 1. The molecule has 188 valence electrons. The SMILES string of the molecule is CCc1ccccc1N1C(=O)c2c(-c3ccc(C=NN)cc3)cccc2N(C)C(N)(CC(=O)O)C1=C=O. The first-order chi connectivity index (χ1) is 17.8. The Morgan fingerprint density at radius 2 is 1.76 bits per heavy atom. The van der Waals surface area contributed by atoms with Crippen LogP contribution in [0.1, 0.15) is 34.8 Å². The van der Waals surface area contributed by atoms with Gasteiger partial charge in [0.25, 0.3) is 5.91 Å². The van der Waals surface area contributed by atoms with Crippen molar-refractivity contribution in [1.82, 2.24) is 0 Å². The monoisotopic (exact) mass is 497 g/mol. The number of rotatable bonds is 6. The average Bonchev–Trinajstić information content (AvgIpc) is 2.96. The van der Waals surface area contributed by atoms with Gasteiger partial charge in [0, 0.05) is 7.05 Å². The molecule has 1 unspecified atom stereocenters. The molecule has 1 aliphatic heterocycles. The van der Waals surface area contributed by atoms with Gasteiger partial charge in [0.05, 0.1) is 29.6 Å². The van der Waals surface area contributed by atoms with Crippen LogP contribution in [0.5, 0.6) is 0 Å². The maximum Gasteiger partial charge on any atom is 0.307 e. The summed E-state index contributed by atoms with van der Waals surface area (Å²) in [5.41, 5.74) is 8.59. The van der Waals surface area contributed by atoms with Gasteiger partial charge in [0.15, 0.2) is 17.3 Å². The predicted molar refractivity (Wildman–Crippen MR) is 143 cm³/mol. The summed E-state index contributed by atoms with van der Waals surface area (Å²) in [4.78, 5) is 41.6. The van der Waals surface area contributed by atoms with Crippen LogP contribution < -0.4 is 21.4 Å². The molecule has 4 rings (SSSR count). The second-order valence-electron chi connectivity index (χ2n) is 8.73. The summed E-state index contributed by atoms with van der Waals surface area (Å²) in [6.07, 6.45) is 1.44. The van der Waals surface area contributed by atoms with Crippen molar-refractivity contribution in [2.75, 3.05) is 16.8 Å². The summed E-state index contributed by atoms with van der Waals surface area (Å²) in [5.74, 6) is 5.35. The van der Waals surface area contributed by atoms with Crippen molar-refractivity contribution in [1.29, 1.82) is 0 Å². The quantitative estimate of drug-likeness (QED) is 0.205. The number of aryl methyl sites for hydroxylation is 1. The van der Waals surface area contributed by atoms with E-state index in [9.17, 15) is 19.5 Å². The number of aliphatic carboxylic acids is 1. The van der Waals surface area contributed by atoms with Gasteiger partial charge in [-0.05, 0) is 40.8 Å². The van der Waals surface area contributed by atoms with Crippen LogP contribution in [0.15, 0.2) is 77.5 Å². The first-order valence-electron chi connectivity index (χ1n) is 11.7. The average molecular weight is 498 g/mol. The number of carboxylic acids is 1. The van der Waals surface area contributed by atoms with Crippen molar-refractivity contribution in [3.05, 3.63) is 89.1 Å². The zero-order valence-corrected chi connectivity index (χ0v) is 20.5. The largest absolute Gasteiger partial charge is 0.481 e. The Kier molecular flexibility index (Phi) is 6.93. The minimum atomic E-state index is -1.87. The van der Waals surface area contributed by atoms with Crippen LogP contribution in [0.3, 0.4) is 0 Å². The third-order valence-corrected chi connectivity index (χ3v) is 6.63. The molecule has 37 heavy (non-hydrogen) atoms. The fraction of sp³-hybridized carbons (Fsp3) is 0.179. The van der Waals surface area contributed by atoms with Crippen molar-refractivity contribution in [3.8, 4) is 11.1 Å². The lowest BCUT2D eigenvalue weighted by Crippen LogP contribution is -2.60. The maximum atomic E-state index is 14.4. The van der Waals surface area contributed by atoms with E-state index in [1.165, 1.54) is 16.0 Å². The Bertz CT molecular complexity index is 1440. The molecule has 5 N–H and O–H groups in total. The maximum absolute atomic E-state index is 14.4. The van der Waals surface area contributed by atoms with Gasteiger partial charge in [-0.2, -0.15) is 5.10 Å². The van der Waals surface area contributed by atoms with E-state index in [1.54, 1.807) is 37.4 Å². The fourth-order valence-corrected chi connectivity index (χ4v) is 4.73. The Hall–Kier alpha value is -4.72. The number of carbonyl (C=O) groups excluding carboxylic acids is 2. The van der Waals surface area contributed by atoms with E-state index in [-0.39, 0.29) is 11.3 Å². The standard InChI is InChI=1S/C28H27N5O4/c1-3-19-7-4-5-9-22(19)33-24(17-34)28(29,15-25(35)36)32(2)23-10-6-8-21(26(23)27(33)37)20-13-11-18(12-14-20)16-31-30/h4-14,16H,3,15,29-30H2,1-2H3,(H,35,36). The van der Waals surface area contributed by atoms with Crippen LogP contribution in [-0.2, 0) is 16.0 Å². The number of para-hydroxylation sites is 1. The smallest absolute Gasteiger partial charge is 0.307 e. The highest BCUT2D eigenvalue weighted by molar-refractivity contribution is 6.18. The Morgan fingerprint density at radius 1 is 1.08 bits per heavy atom. The number of likely N-dealkylation sites (N-methyl/N-ethyl adjacent to an activating group) is 1. The minimum absolute atomic E-state index is 0.278. The van der Waals surface area contributed by atoms with Crippen LogP contribution in [0.2, 0.25) is 0 Å². The van der Waals surface area contributed by atoms with Crippen molar-refractivity contribution in [2.24, 2.45) is 16.7 Å². The molecular formula is C28H27N5O4. The highest BCUT2D eigenvalue weighted by Gasteiger charge is 2.48. The van der Waals surface area contributed by atoms with E-state index in [1.807, 2.05) is 49.3 Å². The van der Waals surface area contributed by atoms with Gasteiger partial charge in [0.2, 0.25) is 0 Å². The topological polar surface area (TPSA) is 142 Å². The van der Waals surface area contributed by atoms with Gasteiger partial charge in [-0.3, -0.25) is 14.5 Å². The van der Waals surface area contributed by atoms with Gasteiger partial charge in [-0.25, -0.2) is 4.79 Å². The molecule has 0 saturated heterocycles. The van der Waals surface area contributed by atoms with Gasteiger partial charge < -0.3 is 21.6 Å². The number of hydrogen-bond acceptors (Lipinski definition) is 7. The van der Waals surface area contributed by atoms with Crippen molar-refractivity contribution in [2.45, 2.75) is 25.4 Å². The number of hydrazone groups is 1. The molecule has 1 heterocycles. The normalized spacial score (nSPS) is 17.5. The fourth-order valence-electron chi connectivity index (χ4n) is 4.73. The van der Waals surface area contributed by atoms with E-state index in [2.05, 4.69) is 5.10 Å². The molecule has 1 amide bonds. The van der Waals surface area contributed by atoms with Crippen LogP contribution in [0, 0.1) is 0 Å². The van der Waals surface area contributed by atoms with Crippen LogP contribution in [-0.4, -0.2) is 41.8 Å². The molecule has 0 saturated carbocycles. The van der Waals surface area contributed by atoms with Crippen molar-refractivity contribution in [3.63, 3.8) is 0 Å². The molecule has 0 fully saturated rings. The molecule has 0 aromatic heterocycles. The first-order valence-corrected chi connectivity index (χ1v) is 11.7. The third-order valence-electron chi connectivity index (χ3n) is 6.63. The highest BCUT2D eigenvalue weighted by atomic mass is 16.4. The van der Waals surface area contributed by atoms with E-state index in [0.29, 0.717) is 23.4 Å². The zero-order chi connectivity index (χ0) is 26.7. The lowest BCUT2D eigenvalue weighted by Gasteiger charge is -2.40. The Balaban J connectivity index is 2.06. The minimum Gasteiger partial charge on any atom is -0.481 e. The lowest BCUT2D eigenvalue weighted by atomic mass is 9.95. The second kappa shape index (κ2) is 10.1. The molecular weight excluding hydrogens is 470 g/mol. The molecule has 0 bridgehead atoms. The molecule has 3 aromatic carbocycles. The zero-order valence-electron chi connectivity index (χ0n) is 20.5. The summed E-state index contributed by atoms with van der Waals surface area (Å²) in [6.45, 7) is 1.93. The van der Waals surface area contributed by atoms with Crippen molar-refractivity contribution < 1.29 is 19.5 Å². The number of anilines is 2. The highest BCUT2D eigenvalue weighted by Crippen LogP contribution is 2.43. The van der Waals surface area contributed by atoms with Crippen molar-refractivity contribution >= 4 is 35.4 Å². The second-order valence-corrected chi connectivity index (χ2v) is 8.73. The van der Waals surface area contributed by atoms with Crippen LogP contribution in [0.4, 0.5) is 11.4 Å². The molecule has 1 aliphatic rings. The van der Waals surface area contributed by atoms with E-state index in [0.717, 1.165) is 16.7 Å². The number of benzene rings is 3. The van der Waals surface area contributed by atoms with Gasteiger partial charge in [-0.1, -0.05) is 61.5 Å². The number of nitrogens with zero attached hydrogens (tertiary/aromatic N) is 3. The first kappa shape index (κ1) is 25.4. The van der Waals surface area contributed by atoms with E-state index < -0.39 is 24.0 Å². The van der Waals surface area contributed by atoms with Crippen LogP contribution >= 0.6 is 0 Å². The van der Waals surface area contributed by atoms with Crippen LogP contribution in [0.25, 0.3) is 11.1 Å². The predicted octanol–water partition coefficient (Wildman–Crippen LogP) is 3.15. The Morgan fingerprint density at radius 3 is 2.38 bits per heavy atom. The number of amides is 1. The van der Waals surface area contributed by atoms with E-state index in [4.69, 9.17) is 11.6 Å². The molecule has 0 spiro atoms. The van der Waals surface area contributed by atoms with Gasteiger partial charge in [-0.15, -0.1) is 0 Å². The summed E-state index contributed by atoms with van der Waals surface area (Å²) in [7, 11) is 1.58. The lowest BCUT2D eigenvalue weighted by molar-refractivity contribution is -0.138. The van der Waals surface area contributed by atoms with Gasteiger partial charge >= 0.3 is 5.97 Å². The molecule has 0 radical (unpaired) electrons.